The Morgan fingerprint density at radius 3 is 2.67 bits per heavy atom. The summed E-state index contributed by atoms with van der Waals surface area (Å²) in [6.07, 6.45) is -0.00790. The van der Waals surface area contributed by atoms with Gasteiger partial charge >= 0.3 is 0 Å². The molecule has 1 unspecified atom stereocenters. The first-order chi connectivity index (χ1) is 8.83. The first kappa shape index (κ1) is 11.2. The zero-order valence-electron chi connectivity index (χ0n) is 9.80. The predicted molar refractivity (Wildman–Crippen MR) is 65.9 cm³/mol. The summed E-state index contributed by atoms with van der Waals surface area (Å²) >= 11 is 0. The molecule has 0 bridgehead atoms. The predicted octanol–water partition coefficient (Wildman–Crippen LogP) is 3.48. The molecule has 1 saturated heterocycles. The summed E-state index contributed by atoms with van der Waals surface area (Å²) in [6, 6.07) is 14.4. The van der Waals surface area contributed by atoms with Crippen LogP contribution in [0.25, 0.3) is 0 Å². The highest BCUT2D eigenvalue weighted by Crippen LogP contribution is 2.36. The lowest BCUT2D eigenvalue weighted by Crippen LogP contribution is -1.98. The van der Waals surface area contributed by atoms with Crippen molar-refractivity contribution < 1.29 is 13.9 Å². The molecule has 2 aromatic rings. The maximum atomic E-state index is 13.2. The summed E-state index contributed by atoms with van der Waals surface area (Å²) in [5, 5.41) is 0. The number of halogens is 1. The molecule has 0 aliphatic carbocycles. The average molecular weight is 244 g/mol. The Hall–Kier alpha value is -1.87. The maximum absolute atomic E-state index is 13.2. The van der Waals surface area contributed by atoms with Crippen LogP contribution in [0.3, 0.4) is 0 Å². The standard InChI is InChI=1S/C15H13FO2/c16-12-6-7-14(13(8-12)15-10-18-15)17-9-11-4-2-1-3-5-11/h1-8,15H,9-10H2. The first-order valence-corrected chi connectivity index (χ1v) is 5.91. The largest absolute Gasteiger partial charge is 0.489 e. The molecule has 0 radical (unpaired) electrons. The van der Waals surface area contributed by atoms with Gasteiger partial charge in [-0.1, -0.05) is 30.3 Å². The third-order valence-corrected chi connectivity index (χ3v) is 2.89. The Balaban J connectivity index is 1.76. The minimum Gasteiger partial charge on any atom is -0.489 e. The van der Waals surface area contributed by atoms with Crippen LogP contribution in [-0.2, 0) is 11.3 Å². The van der Waals surface area contributed by atoms with Gasteiger partial charge in [-0.3, -0.25) is 0 Å². The summed E-state index contributed by atoms with van der Waals surface area (Å²) < 4.78 is 24.1. The van der Waals surface area contributed by atoms with E-state index in [0.717, 1.165) is 11.1 Å². The molecule has 1 aliphatic rings. The normalized spacial score (nSPS) is 17.5. The number of ether oxygens (including phenoxy) is 2. The lowest BCUT2D eigenvalue weighted by molar-refractivity contribution is 0.297. The van der Waals surface area contributed by atoms with Crippen LogP contribution >= 0.6 is 0 Å². The summed E-state index contributed by atoms with van der Waals surface area (Å²) in [5.41, 5.74) is 1.88. The molecule has 0 saturated carbocycles. The Morgan fingerprint density at radius 1 is 1.17 bits per heavy atom. The Labute approximate surface area is 105 Å². The zero-order chi connectivity index (χ0) is 12.4. The molecular formula is C15H13FO2. The Kier molecular flexibility index (Phi) is 2.99. The first-order valence-electron chi connectivity index (χ1n) is 5.91. The van der Waals surface area contributed by atoms with E-state index in [4.69, 9.17) is 9.47 Å². The molecule has 0 amide bonds. The molecule has 2 nitrogen and oxygen atoms in total. The highest BCUT2D eigenvalue weighted by Gasteiger charge is 2.28. The van der Waals surface area contributed by atoms with Crippen LogP contribution in [0, 0.1) is 5.82 Å². The summed E-state index contributed by atoms with van der Waals surface area (Å²) in [4.78, 5) is 0. The van der Waals surface area contributed by atoms with E-state index in [9.17, 15) is 4.39 Å². The molecule has 3 rings (SSSR count). The van der Waals surface area contributed by atoms with Crippen LogP contribution in [0.1, 0.15) is 17.2 Å². The van der Waals surface area contributed by atoms with Gasteiger partial charge < -0.3 is 9.47 Å². The van der Waals surface area contributed by atoms with E-state index in [2.05, 4.69) is 0 Å². The van der Waals surface area contributed by atoms with Crippen molar-refractivity contribution in [3.8, 4) is 5.75 Å². The fourth-order valence-electron chi connectivity index (χ4n) is 1.87. The second-order valence-corrected chi connectivity index (χ2v) is 4.28. The van der Waals surface area contributed by atoms with Crippen LogP contribution in [-0.4, -0.2) is 6.61 Å². The quantitative estimate of drug-likeness (QED) is 0.768. The van der Waals surface area contributed by atoms with Gasteiger partial charge in [0.1, 0.15) is 24.3 Å². The van der Waals surface area contributed by atoms with E-state index >= 15 is 0 Å². The summed E-state index contributed by atoms with van der Waals surface area (Å²) in [5.74, 6) is 0.440. The molecule has 0 spiro atoms. The van der Waals surface area contributed by atoms with Gasteiger partial charge in [0.05, 0.1) is 6.61 Å². The van der Waals surface area contributed by atoms with Crippen molar-refractivity contribution >= 4 is 0 Å². The SMILES string of the molecule is Fc1ccc(OCc2ccccc2)c(C2CO2)c1. The fourth-order valence-corrected chi connectivity index (χ4v) is 1.87. The molecule has 1 atom stereocenters. The maximum Gasteiger partial charge on any atom is 0.125 e. The topological polar surface area (TPSA) is 21.8 Å². The van der Waals surface area contributed by atoms with Crippen molar-refractivity contribution in [1.29, 1.82) is 0 Å². The number of benzene rings is 2. The number of rotatable bonds is 4. The number of hydrogen-bond acceptors (Lipinski definition) is 2. The smallest absolute Gasteiger partial charge is 0.125 e. The van der Waals surface area contributed by atoms with E-state index < -0.39 is 0 Å². The van der Waals surface area contributed by atoms with Crippen molar-refractivity contribution in [2.45, 2.75) is 12.7 Å². The molecule has 2 aromatic carbocycles. The summed E-state index contributed by atoms with van der Waals surface area (Å²) in [6.45, 7) is 1.12. The van der Waals surface area contributed by atoms with Gasteiger partial charge in [0.15, 0.2) is 0 Å². The second kappa shape index (κ2) is 4.78. The van der Waals surface area contributed by atoms with Gasteiger partial charge in [-0.05, 0) is 23.8 Å². The number of hydrogen-bond donors (Lipinski definition) is 0. The van der Waals surface area contributed by atoms with E-state index in [-0.39, 0.29) is 11.9 Å². The van der Waals surface area contributed by atoms with Crippen molar-refractivity contribution in [2.24, 2.45) is 0 Å². The second-order valence-electron chi connectivity index (χ2n) is 4.28. The van der Waals surface area contributed by atoms with Gasteiger partial charge in [0.2, 0.25) is 0 Å². The van der Waals surface area contributed by atoms with E-state index in [1.165, 1.54) is 12.1 Å². The molecule has 1 aliphatic heterocycles. The minimum atomic E-state index is -0.257. The van der Waals surface area contributed by atoms with Crippen molar-refractivity contribution in [2.75, 3.05) is 6.61 Å². The molecule has 1 heterocycles. The summed E-state index contributed by atoms with van der Waals surface area (Å²) in [7, 11) is 0. The van der Waals surface area contributed by atoms with Crippen LogP contribution in [0.4, 0.5) is 4.39 Å². The Bertz CT molecular complexity index is 535. The third kappa shape index (κ3) is 2.51. The highest BCUT2D eigenvalue weighted by molar-refractivity contribution is 5.37. The van der Waals surface area contributed by atoms with Gasteiger partial charge in [-0.15, -0.1) is 0 Å². The zero-order valence-corrected chi connectivity index (χ0v) is 9.80. The lowest BCUT2D eigenvalue weighted by atomic mass is 10.1. The molecule has 0 aromatic heterocycles. The average Bonchev–Trinajstić information content (AvgIpc) is 3.23. The molecule has 0 N–H and O–H groups in total. The van der Waals surface area contributed by atoms with Crippen LogP contribution in [0.5, 0.6) is 5.75 Å². The van der Waals surface area contributed by atoms with E-state index in [1.54, 1.807) is 6.07 Å². The highest BCUT2D eigenvalue weighted by atomic mass is 19.1. The number of epoxide rings is 1. The van der Waals surface area contributed by atoms with Crippen LogP contribution in [0.15, 0.2) is 48.5 Å². The van der Waals surface area contributed by atoms with Crippen LogP contribution < -0.4 is 4.74 Å². The van der Waals surface area contributed by atoms with Crippen molar-refractivity contribution in [3.05, 3.63) is 65.5 Å². The molecule has 1 fully saturated rings. The van der Waals surface area contributed by atoms with Crippen molar-refractivity contribution in [1.82, 2.24) is 0 Å². The lowest BCUT2D eigenvalue weighted by Gasteiger charge is -2.10. The van der Waals surface area contributed by atoms with Gasteiger partial charge in [-0.2, -0.15) is 0 Å². The van der Waals surface area contributed by atoms with Crippen LogP contribution in [0.2, 0.25) is 0 Å². The van der Waals surface area contributed by atoms with E-state index in [0.29, 0.717) is 19.0 Å². The van der Waals surface area contributed by atoms with E-state index in [1.807, 2.05) is 30.3 Å². The van der Waals surface area contributed by atoms with Gasteiger partial charge in [0, 0.05) is 5.56 Å². The monoisotopic (exact) mass is 244 g/mol. The van der Waals surface area contributed by atoms with Gasteiger partial charge in [-0.25, -0.2) is 4.39 Å². The van der Waals surface area contributed by atoms with Gasteiger partial charge in [0.25, 0.3) is 0 Å². The fraction of sp³-hybridized carbons (Fsp3) is 0.200. The molecular weight excluding hydrogens is 231 g/mol. The molecule has 3 heteroatoms. The third-order valence-electron chi connectivity index (χ3n) is 2.89. The molecule has 18 heavy (non-hydrogen) atoms. The van der Waals surface area contributed by atoms with Crippen molar-refractivity contribution in [3.63, 3.8) is 0 Å². The molecule has 92 valence electrons. The Morgan fingerprint density at radius 2 is 1.94 bits per heavy atom. The minimum absolute atomic E-state index is 0.00790.